The lowest BCUT2D eigenvalue weighted by molar-refractivity contribution is 0.0515. The number of hydrogen-bond donors (Lipinski definition) is 0. The maximum absolute atomic E-state index is 11.4. The summed E-state index contributed by atoms with van der Waals surface area (Å²) in [4.78, 5) is 11.4. The van der Waals surface area contributed by atoms with Gasteiger partial charge in [0.05, 0.1) is 5.56 Å². The predicted octanol–water partition coefficient (Wildman–Crippen LogP) is 4.73. The molecule has 0 bridgehead atoms. The van der Waals surface area contributed by atoms with E-state index in [1.54, 1.807) is 13.2 Å². The van der Waals surface area contributed by atoms with E-state index in [4.69, 9.17) is 14.2 Å². The summed E-state index contributed by atoms with van der Waals surface area (Å²) in [7, 11) is 1.58. The number of hydrogen-bond acceptors (Lipinski definition) is 4. The third-order valence-electron chi connectivity index (χ3n) is 3.91. The van der Waals surface area contributed by atoms with Crippen LogP contribution in [-0.2, 0) is 11.3 Å². The van der Waals surface area contributed by atoms with E-state index in [9.17, 15) is 4.79 Å². The Balaban J connectivity index is 1.89. The summed E-state index contributed by atoms with van der Waals surface area (Å²) < 4.78 is 16.5. The molecule has 0 aliphatic heterocycles. The average Bonchev–Trinajstić information content (AvgIpc) is 2.71. The van der Waals surface area contributed by atoms with Crippen LogP contribution in [-0.4, -0.2) is 20.2 Å². The Labute approximate surface area is 153 Å². The molecule has 4 heteroatoms. The molecule has 0 saturated heterocycles. The molecule has 0 aromatic heterocycles. The van der Waals surface area contributed by atoms with Gasteiger partial charge in [-0.25, -0.2) is 0 Å². The first-order valence-electron chi connectivity index (χ1n) is 8.29. The van der Waals surface area contributed by atoms with Crippen LogP contribution >= 0.6 is 0 Å². The van der Waals surface area contributed by atoms with Crippen LogP contribution in [0.4, 0.5) is 0 Å². The summed E-state index contributed by atoms with van der Waals surface area (Å²) in [5.74, 6) is 1.25. The Morgan fingerprint density at radius 2 is 1.62 bits per heavy atom. The van der Waals surface area contributed by atoms with Gasteiger partial charge in [0.1, 0.15) is 18.1 Å². The summed E-state index contributed by atoms with van der Waals surface area (Å²) >= 11 is 0. The normalized spacial score (nSPS) is 10.3. The van der Waals surface area contributed by atoms with Gasteiger partial charge in [-0.1, -0.05) is 54.6 Å². The van der Waals surface area contributed by atoms with Gasteiger partial charge in [-0.05, 0) is 29.3 Å². The second kappa shape index (κ2) is 8.83. The fourth-order valence-corrected chi connectivity index (χ4v) is 2.61. The van der Waals surface area contributed by atoms with Gasteiger partial charge in [0, 0.05) is 12.7 Å². The molecule has 0 aliphatic carbocycles. The molecule has 4 nitrogen and oxygen atoms in total. The zero-order chi connectivity index (χ0) is 18.2. The van der Waals surface area contributed by atoms with Crippen molar-refractivity contribution in [3.05, 3.63) is 83.9 Å². The maximum Gasteiger partial charge on any atom is 0.188 e. The minimum absolute atomic E-state index is 0.167. The van der Waals surface area contributed by atoms with E-state index in [2.05, 4.69) is 0 Å². The highest BCUT2D eigenvalue weighted by Crippen LogP contribution is 2.33. The molecule has 0 radical (unpaired) electrons. The smallest absolute Gasteiger partial charge is 0.188 e. The standard InChI is InChI=1S/C22H20O4/c1-24-16-26-21-10-6-5-9-20(21)18-11-12-19(14-23)22(13-18)25-15-17-7-3-2-4-8-17/h2-14H,15-16H2,1H3. The van der Waals surface area contributed by atoms with Crippen LogP contribution in [0.2, 0.25) is 0 Å². The van der Waals surface area contributed by atoms with E-state index >= 15 is 0 Å². The van der Waals surface area contributed by atoms with Crippen LogP contribution in [0, 0.1) is 0 Å². The second-order valence-electron chi connectivity index (χ2n) is 5.69. The lowest BCUT2D eigenvalue weighted by atomic mass is 10.0. The van der Waals surface area contributed by atoms with Crippen LogP contribution in [0.3, 0.4) is 0 Å². The van der Waals surface area contributed by atoms with Gasteiger partial charge in [-0.3, -0.25) is 4.79 Å². The Hall–Kier alpha value is -3.11. The Kier molecular flexibility index (Phi) is 6.01. The van der Waals surface area contributed by atoms with Gasteiger partial charge in [0.15, 0.2) is 13.1 Å². The molecular weight excluding hydrogens is 328 g/mol. The van der Waals surface area contributed by atoms with E-state index in [0.717, 1.165) is 23.0 Å². The van der Waals surface area contributed by atoms with Crippen molar-refractivity contribution in [3.63, 3.8) is 0 Å². The van der Waals surface area contributed by atoms with Crippen molar-refractivity contribution in [3.8, 4) is 22.6 Å². The molecule has 0 fully saturated rings. The Morgan fingerprint density at radius 1 is 0.846 bits per heavy atom. The lowest BCUT2D eigenvalue weighted by Crippen LogP contribution is -2.01. The topological polar surface area (TPSA) is 44.8 Å². The molecule has 0 N–H and O–H groups in total. The quantitative estimate of drug-likeness (QED) is 0.436. The first-order chi connectivity index (χ1) is 12.8. The second-order valence-corrected chi connectivity index (χ2v) is 5.69. The third kappa shape index (κ3) is 4.29. The molecule has 0 heterocycles. The third-order valence-corrected chi connectivity index (χ3v) is 3.91. The number of ether oxygens (including phenoxy) is 3. The highest BCUT2D eigenvalue weighted by atomic mass is 16.7. The van der Waals surface area contributed by atoms with Gasteiger partial charge < -0.3 is 14.2 Å². The van der Waals surface area contributed by atoms with E-state index in [0.29, 0.717) is 23.7 Å². The van der Waals surface area contributed by atoms with Gasteiger partial charge in [-0.15, -0.1) is 0 Å². The fraction of sp³-hybridized carbons (Fsp3) is 0.136. The summed E-state index contributed by atoms with van der Waals surface area (Å²) in [5.41, 5.74) is 3.37. The van der Waals surface area contributed by atoms with Crippen LogP contribution in [0.1, 0.15) is 15.9 Å². The van der Waals surface area contributed by atoms with E-state index in [-0.39, 0.29) is 6.79 Å². The largest absolute Gasteiger partial charge is 0.488 e. The molecule has 0 spiro atoms. The molecule has 132 valence electrons. The van der Waals surface area contributed by atoms with Crippen molar-refractivity contribution in [2.45, 2.75) is 6.61 Å². The minimum Gasteiger partial charge on any atom is -0.488 e. The fourth-order valence-electron chi connectivity index (χ4n) is 2.61. The van der Waals surface area contributed by atoms with Crippen LogP contribution in [0.5, 0.6) is 11.5 Å². The first kappa shape index (κ1) is 17.7. The monoisotopic (exact) mass is 348 g/mol. The molecular formula is C22H20O4. The molecule has 0 amide bonds. The van der Waals surface area contributed by atoms with Crippen molar-refractivity contribution in [1.29, 1.82) is 0 Å². The van der Waals surface area contributed by atoms with Crippen molar-refractivity contribution >= 4 is 6.29 Å². The molecule has 0 unspecified atom stereocenters. The van der Waals surface area contributed by atoms with Crippen molar-refractivity contribution in [2.75, 3.05) is 13.9 Å². The van der Waals surface area contributed by atoms with Gasteiger partial charge in [0.25, 0.3) is 0 Å². The minimum atomic E-state index is 0.167. The van der Waals surface area contributed by atoms with E-state index in [1.807, 2.05) is 66.7 Å². The van der Waals surface area contributed by atoms with Gasteiger partial charge in [-0.2, -0.15) is 0 Å². The van der Waals surface area contributed by atoms with Gasteiger partial charge >= 0.3 is 0 Å². The molecule has 0 saturated carbocycles. The van der Waals surface area contributed by atoms with E-state index < -0.39 is 0 Å². The maximum atomic E-state index is 11.4. The summed E-state index contributed by atoms with van der Waals surface area (Å²) in [5, 5.41) is 0. The molecule has 0 aliphatic rings. The summed E-state index contributed by atoms with van der Waals surface area (Å²) in [6.07, 6.45) is 0.803. The molecule has 3 aromatic carbocycles. The lowest BCUT2D eigenvalue weighted by Gasteiger charge is -2.14. The average molecular weight is 348 g/mol. The predicted molar refractivity (Wildman–Crippen MR) is 101 cm³/mol. The Morgan fingerprint density at radius 3 is 2.38 bits per heavy atom. The van der Waals surface area contributed by atoms with Crippen molar-refractivity contribution < 1.29 is 19.0 Å². The number of rotatable bonds is 8. The summed E-state index contributed by atoms with van der Waals surface area (Å²) in [6.45, 7) is 0.563. The van der Waals surface area contributed by atoms with Crippen molar-refractivity contribution in [1.82, 2.24) is 0 Å². The highest BCUT2D eigenvalue weighted by molar-refractivity contribution is 5.82. The number of carbonyl (C=O) groups is 1. The number of aldehydes is 1. The van der Waals surface area contributed by atoms with Crippen LogP contribution in [0.25, 0.3) is 11.1 Å². The SMILES string of the molecule is COCOc1ccccc1-c1ccc(C=O)c(OCc2ccccc2)c1. The van der Waals surface area contributed by atoms with Gasteiger partial charge in [0.2, 0.25) is 0 Å². The summed E-state index contributed by atoms with van der Waals surface area (Å²) in [6, 6.07) is 23.0. The van der Waals surface area contributed by atoms with E-state index in [1.165, 1.54) is 0 Å². The number of methoxy groups -OCH3 is 1. The van der Waals surface area contributed by atoms with Crippen LogP contribution < -0.4 is 9.47 Å². The molecule has 0 atom stereocenters. The first-order valence-corrected chi connectivity index (χ1v) is 8.29. The van der Waals surface area contributed by atoms with Crippen molar-refractivity contribution in [2.24, 2.45) is 0 Å². The number of carbonyl (C=O) groups excluding carboxylic acids is 1. The molecule has 3 rings (SSSR count). The Bertz CT molecular complexity index is 859. The zero-order valence-electron chi connectivity index (χ0n) is 14.6. The number of benzene rings is 3. The molecule has 3 aromatic rings. The highest BCUT2D eigenvalue weighted by Gasteiger charge is 2.10. The number of para-hydroxylation sites is 1. The molecule has 26 heavy (non-hydrogen) atoms. The zero-order valence-corrected chi connectivity index (χ0v) is 14.6. The van der Waals surface area contributed by atoms with Crippen LogP contribution in [0.15, 0.2) is 72.8 Å².